The molecule has 5 heteroatoms. The number of hydrogen-bond donors (Lipinski definition) is 3. The summed E-state index contributed by atoms with van der Waals surface area (Å²) in [6.45, 7) is 4.55. The van der Waals surface area contributed by atoms with Gasteiger partial charge in [-0.3, -0.25) is 0 Å². The largest absolute Gasteiger partial charge is 0.489 e. The Balaban J connectivity index is 2.34. The highest BCUT2D eigenvalue weighted by Crippen LogP contribution is 2.19. The van der Waals surface area contributed by atoms with Crippen molar-refractivity contribution in [2.45, 2.75) is 19.4 Å². The number of benzene rings is 1. The summed E-state index contributed by atoms with van der Waals surface area (Å²) in [5.41, 5.74) is 6.33. The smallest absolute Gasteiger partial charge is 0.142 e. The second-order valence-corrected chi connectivity index (χ2v) is 4.47. The number of aliphatic hydroxyl groups excluding tert-OH is 2. The number of nitrogens with zero attached hydrogens (tertiary/aromatic N) is 1. The van der Waals surface area contributed by atoms with Gasteiger partial charge in [0.2, 0.25) is 0 Å². The molecule has 0 fully saturated rings. The van der Waals surface area contributed by atoms with Crippen LogP contribution in [-0.2, 0) is 0 Å². The van der Waals surface area contributed by atoms with Gasteiger partial charge in [0.05, 0.1) is 5.69 Å². The van der Waals surface area contributed by atoms with Crippen LogP contribution in [0.2, 0.25) is 0 Å². The van der Waals surface area contributed by atoms with Crippen LogP contribution in [0, 0.1) is 0 Å². The first-order valence-corrected chi connectivity index (χ1v) is 6.66. The Kier molecular flexibility index (Phi) is 7.25. The van der Waals surface area contributed by atoms with E-state index >= 15 is 0 Å². The van der Waals surface area contributed by atoms with Crippen LogP contribution in [-0.4, -0.2) is 54.1 Å². The zero-order valence-electron chi connectivity index (χ0n) is 11.5. The van der Waals surface area contributed by atoms with E-state index in [4.69, 9.17) is 15.6 Å². The SMILES string of the molecule is CCN(CCCO)CC(O)COc1ccccc1N. The molecule has 1 unspecified atom stereocenters. The second-order valence-electron chi connectivity index (χ2n) is 4.47. The number of aliphatic hydroxyl groups is 2. The molecule has 0 heterocycles. The maximum Gasteiger partial charge on any atom is 0.142 e. The van der Waals surface area contributed by atoms with Crippen molar-refractivity contribution in [2.24, 2.45) is 0 Å². The lowest BCUT2D eigenvalue weighted by Crippen LogP contribution is -2.36. The monoisotopic (exact) mass is 268 g/mol. The fraction of sp³-hybridized carbons (Fsp3) is 0.571. The predicted molar refractivity (Wildman–Crippen MR) is 76.2 cm³/mol. The zero-order chi connectivity index (χ0) is 14.1. The van der Waals surface area contributed by atoms with Crippen LogP contribution in [0.4, 0.5) is 5.69 Å². The summed E-state index contributed by atoms with van der Waals surface area (Å²) in [5, 5.41) is 18.7. The molecule has 0 bridgehead atoms. The molecule has 0 aliphatic carbocycles. The van der Waals surface area contributed by atoms with Gasteiger partial charge in [-0.1, -0.05) is 19.1 Å². The molecule has 1 rings (SSSR count). The molecular formula is C14H24N2O3. The van der Waals surface area contributed by atoms with Crippen molar-refractivity contribution in [2.75, 3.05) is 38.6 Å². The van der Waals surface area contributed by atoms with Crippen molar-refractivity contribution in [1.29, 1.82) is 0 Å². The Hall–Kier alpha value is -1.30. The molecule has 0 amide bonds. The Morgan fingerprint density at radius 2 is 2.11 bits per heavy atom. The molecule has 0 aromatic heterocycles. The number of anilines is 1. The van der Waals surface area contributed by atoms with Gasteiger partial charge in [0.1, 0.15) is 18.5 Å². The molecule has 4 N–H and O–H groups in total. The molecule has 0 aliphatic rings. The zero-order valence-corrected chi connectivity index (χ0v) is 11.5. The summed E-state index contributed by atoms with van der Waals surface area (Å²) < 4.78 is 5.50. The van der Waals surface area contributed by atoms with Crippen LogP contribution >= 0.6 is 0 Å². The number of rotatable bonds is 9. The molecular weight excluding hydrogens is 244 g/mol. The fourth-order valence-electron chi connectivity index (χ4n) is 1.82. The first kappa shape index (κ1) is 15.8. The third-order valence-electron chi connectivity index (χ3n) is 2.90. The van der Waals surface area contributed by atoms with E-state index in [0.717, 1.165) is 13.1 Å². The summed E-state index contributed by atoms with van der Waals surface area (Å²) in [5.74, 6) is 0.597. The fourth-order valence-corrected chi connectivity index (χ4v) is 1.82. The van der Waals surface area contributed by atoms with E-state index in [-0.39, 0.29) is 13.2 Å². The highest BCUT2D eigenvalue weighted by atomic mass is 16.5. The predicted octanol–water partition coefficient (Wildman–Crippen LogP) is 0.713. The summed E-state index contributed by atoms with van der Waals surface area (Å²) in [6.07, 6.45) is 0.144. The van der Waals surface area contributed by atoms with Gasteiger partial charge in [0.25, 0.3) is 0 Å². The highest BCUT2D eigenvalue weighted by Gasteiger charge is 2.11. The molecule has 0 aliphatic heterocycles. The van der Waals surface area contributed by atoms with Crippen molar-refractivity contribution >= 4 is 5.69 Å². The maximum atomic E-state index is 9.93. The normalized spacial score (nSPS) is 12.6. The lowest BCUT2D eigenvalue weighted by atomic mass is 10.3. The van der Waals surface area contributed by atoms with E-state index in [0.29, 0.717) is 24.4 Å². The van der Waals surface area contributed by atoms with Crippen molar-refractivity contribution < 1.29 is 14.9 Å². The molecule has 19 heavy (non-hydrogen) atoms. The number of nitrogens with two attached hydrogens (primary N) is 1. The van der Waals surface area contributed by atoms with E-state index in [1.807, 2.05) is 19.1 Å². The lowest BCUT2D eigenvalue weighted by molar-refractivity contribution is 0.0680. The number of para-hydroxylation sites is 2. The van der Waals surface area contributed by atoms with E-state index in [1.54, 1.807) is 12.1 Å². The maximum absolute atomic E-state index is 9.93. The van der Waals surface area contributed by atoms with Crippen molar-refractivity contribution in [3.63, 3.8) is 0 Å². The van der Waals surface area contributed by atoms with Gasteiger partial charge >= 0.3 is 0 Å². The van der Waals surface area contributed by atoms with Crippen LogP contribution in [0.3, 0.4) is 0 Å². The lowest BCUT2D eigenvalue weighted by Gasteiger charge is -2.23. The standard InChI is InChI=1S/C14H24N2O3/c1-2-16(8-5-9-17)10-12(18)11-19-14-7-4-3-6-13(14)15/h3-4,6-7,12,17-18H,2,5,8-11,15H2,1H3. The van der Waals surface area contributed by atoms with Crippen LogP contribution in [0.15, 0.2) is 24.3 Å². The summed E-state index contributed by atoms with van der Waals surface area (Å²) in [7, 11) is 0. The van der Waals surface area contributed by atoms with Crippen LogP contribution in [0.5, 0.6) is 5.75 Å². The average Bonchev–Trinajstić information content (AvgIpc) is 2.42. The first-order chi connectivity index (χ1) is 9.17. The number of hydrogen-bond acceptors (Lipinski definition) is 5. The van der Waals surface area contributed by atoms with E-state index in [2.05, 4.69) is 4.90 Å². The average molecular weight is 268 g/mol. The summed E-state index contributed by atoms with van der Waals surface area (Å²) in [4.78, 5) is 2.08. The van der Waals surface area contributed by atoms with Gasteiger partial charge in [-0.15, -0.1) is 0 Å². The molecule has 1 aromatic rings. The molecule has 0 saturated heterocycles. The Morgan fingerprint density at radius 1 is 1.37 bits per heavy atom. The van der Waals surface area contributed by atoms with Gasteiger partial charge in [-0.05, 0) is 25.1 Å². The van der Waals surface area contributed by atoms with Crippen LogP contribution in [0.25, 0.3) is 0 Å². The minimum atomic E-state index is -0.571. The molecule has 5 nitrogen and oxygen atoms in total. The minimum Gasteiger partial charge on any atom is -0.489 e. The molecule has 0 saturated carbocycles. The van der Waals surface area contributed by atoms with Gasteiger partial charge in [0, 0.05) is 19.7 Å². The van der Waals surface area contributed by atoms with Crippen molar-refractivity contribution in [3.05, 3.63) is 24.3 Å². The summed E-state index contributed by atoms with van der Waals surface area (Å²) in [6, 6.07) is 7.23. The molecule has 108 valence electrons. The Labute approximate surface area is 114 Å². The highest BCUT2D eigenvalue weighted by molar-refractivity contribution is 5.51. The van der Waals surface area contributed by atoms with Crippen molar-refractivity contribution in [3.8, 4) is 5.75 Å². The van der Waals surface area contributed by atoms with E-state index < -0.39 is 6.10 Å². The topological polar surface area (TPSA) is 79.0 Å². The number of likely N-dealkylation sites (N-methyl/N-ethyl adjacent to an activating group) is 1. The van der Waals surface area contributed by atoms with Gasteiger partial charge < -0.3 is 25.6 Å². The first-order valence-electron chi connectivity index (χ1n) is 6.66. The number of nitrogen functional groups attached to an aromatic ring is 1. The third kappa shape index (κ3) is 5.92. The van der Waals surface area contributed by atoms with Gasteiger partial charge in [-0.2, -0.15) is 0 Å². The van der Waals surface area contributed by atoms with Crippen molar-refractivity contribution in [1.82, 2.24) is 4.90 Å². The molecule has 1 atom stereocenters. The quantitative estimate of drug-likeness (QED) is 0.575. The summed E-state index contributed by atoms with van der Waals surface area (Å²) >= 11 is 0. The number of ether oxygens (including phenoxy) is 1. The third-order valence-corrected chi connectivity index (χ3v) is 2.90. The van der Waals surface area contributed by atoms with E-state index in [9.17, 15) is 5.11 Å². The van der Waals surface area contributed by atoms with Gasteiger partial charge in [-0.25, -0.2) is 0 Å². The van der Waals surface area contributed by atoms with Gasteiger partial charge in [0.15, 0.2) is 0 Å². The Morgan fingerprint density at radius 3 is 2.74 bits per heavy atom. The molecule has 1 aromatic carbocycles. The Bertz CT molecular complexity index is 360. The molecule has 0 spiro atoms. The molecule has 0 radical (unpaired) electrons. The second kappa shape index (κ2) is 8.74. The van der Waals surface area contributed by atoms with E-state index in [1.165, 1.54) is 0 Å². The van der Waals surface area contributed by atoms with Crippen LogP contribution < -0.4 is 10.5 Å². The van der Waals surface area contributed by atoms with Crippen LogP contribution in [0.1, 0.15) is 13.3 Å². The minimum absolute atomic E-state index is 0.170.